The smallest absolute Gasteiger partial charge is 0.231 e. The third-order valence-electron chi connectivity index (χ3n) is 3.21. The maximum Gasteiger partial charge on any atom is 0.231 e. The molecule has 0 bridgehead atoms. The van der Waals surface area contributed by atoms with Crippen LogP contribution in [0, 0.1) is 0 Å². The van der Waals surface area contributed by atoms with Crippen molar-refractivity contribution in [3.8, 4) is 0 Å². The summed E-state index contributed by atoms with van der Waals surface area (Å²) in [6.07, 6.45) is 2.42. The molecule has 2 rings (SSSR count). The Morgan fingerprint density at radius 2 is 1.95 bits per heavy atom. The molecule has 2 N–H and O–H groups in total. The van der Waals surface area contributed by atoms with Gasteiger partial charge in [0.05, 0.1) is 17.8 Å². The van der Waals surface area contributed by atoms with E-state index in [1.54, 1.807) is 6.20 Å². The molecule has 0 radical (unpaired) electrons. The van der Waals surface area contributed by atoms with E-state index in [4.69, 9.17) is 0 Å². The second-order valence-corrected chi connectivity index (χ2v) is 4.54. The largest absolute Gasteiger partial charge is 0.373 e. The van der Waals surface area contributed by atoms with Gasteiger partial charge in [-0.25, -0.2) is 4.98 Å². The summed E-state index contributed by atoms with van der Waals surface area (Å²) in [4.78, 5) is 16.5. The maximum absolute atomic E-state index is 12.3. The fourth-order valence-electron chi connectivity index (χ4n) is 2.10. The van der Waals surface area contributed by atoms with Gasteiger partial charge in [0.2, 0.25) is 5.91 Å². The Hall–Kier alpha value is -2.36. The molecule has 1 unspecified atom stereocenters. The molecule has 1 aromatic heterocycles. The molecule has 0 spiro atoms. The second kappa shape index (κ2) is 6.70. The highest BCUT2D eigenvalue weighted by atomic mass is 16.1. The Morgan fingerprint density at radius 1 is 1.20 bits per heavy atom. The van der Waals surface area contributed by atoms with Crippen LogP contribution in [0.2, 0.25) is 0 Å². The van der Waals surface area contributed by atoms with E-state index in [2.05, 4.69) is 15.6 Å². The molecular formula is C16H19N3O. The molecule has 1 atom stereocenters. The number of nitrogens with one attached hydrogen (secondary N) is 2. The number of carbonyl (C=O) groups is 1. The minimum absolute atomic E-state index is 0.00212. The Kier molecular flexibility index (Phi) is 4.71. The second-order valence-electron chi connectivity index (χ2n) is 4.54. The zero-order valence-corrected chi connectivity index (χ0v) is 11.8. The number of nitrogens with zero attached hydrogens (tertiary/aromatic N) is 1. The number of amides is 1. The molecule has 0 aliphatic rings. The molecule has 0 aliphatic carbocycles. The lowest BCUT2D eigenvalue weighted by atomic mass is 9.95. The first-order valence-corrected chi connectivity index (χ1v) is 6.74. The van der Waals surface area contributed by atoms with E-state index in [0.29, 0.717) is 5.69 Å². The zero-order valence-electron chi connectivity index (χ0n) is 11.8. The van der Waals surface area contributed by atoms with E-state index in [1.807, 2.05) is 56.4 Å². The number of hydrogen-bond donors (Lipinski definition) is 2. The highest BCUT2D eigenvalue weighted by Crippen LogP contribution is 2.21. The molecule has 0 saturated carbocycles. The number of carbonyl (C=O) groups excluding carboxylic acids is 1. The third kappa shape index (κ3) is 3.35. The molecule has 1 heterocycles. The van der Waals surface area contributed by atoms with Gasteiger partial charge < -0.3 is 10.6 Å². The lowest BCUT2D eigenvalue weighted by molar-refractivity contribution is -0.117. The van der Waals surface area contributed by atoms with Crippen molar-refractivity contribution in [1.82, 2.24) is 4.98 Å². The molecule has 4 nitrogen and oxygen atoms in total. The van der Waals surface area contributed by atoms with Crippen molar-refractivity contribution in [2.45, 2.75) is 19.3 Å². The van der Waals surface area contributed by atoms with Gasteiger partial charge in [0, 0.05) is 7.05 Å². The van der Waals surface area contributed by atoms with Gasteiger partial charge >= 0.3 is 0 Å². The molecule has 0 fully saturated rings. The minimum Gasteiger partial charge on any atom is -0.373 e. The first-order valence-electron chi connectivity index (χ1n) is 6.74. The summed E-state index contributed by atoms with van der Waals surface area (Å²) in [5, 5.41) is 5.86. The van der Waals surface area contributed by atoms with Crippen molar-refractivity contribution in [1.29, 1.82) is 0 Å². The highest BCUT2D eigenvalue weighted by molar-refractivity contribution is 5.95. The monoisotopic (exact) mass is 269 g/mol. The minimum atomic E-state index is -0.139. The Labute approximate surface area is 119 Å². The van der Waals surface area contributed by atoms with Gasteiger partial charge in [-0.2, -0.15) is 0 Å². The van der Waals surface area contributed by atoms with Crippen LogP contribution in [0.4, 0.5) is 11.5 Å². The molecule has 20 heavy (non-hydrogen) atoms. The molecule has 0 aliphatic heterocycles. The van der Waals surface area contributed by atoms with Crippen molar-refractivity contribution in [3.05, 3.63) is 54.2 Å². The summed E-state index contributed by atoms with van der Waals surface area (Å²) in [5.41, 5.74) is 1.75. The Bertz CT molecular complexity index is 552. The van der Waals surface area contributed by atoms with Crippen molar-refractivity contribution in [2.24, 2.45) is 0 Å². The number of pyridine rings is 1. The van der Waals surface area contributed by atoms with Crippen LogP contribution in [0.15, 0.2) is 48.7 Å². The molecule has 1 aromatic carbocycles. The molecule has 104 valence electrons. The topological polar surface area (TPSA) is 54.0 Å². The highest BCUT2D eigenvalue weighted by Gasteiger charge is 2.18. The summed E-state index contributed by atoms with van der Waals surface area (Å²) in [5.74, 6) is 0.635. The molecular weight excluding hydrogens is 250 g/mol. The number of benzene rings is 1. The lowest BCUT2D eigenvalue weighted by Crippen LogP contribution is -2.20. The van der Waals surface area contributed by atoms with E-state index in [0.717, 1.165) is 17.8 Å². The van der Waals surface area contributed by atoms with Crippen molar-refractivity contribution in [2.75, 3.05) is 17.7 Å². The van der Waals surface area contributed by atoms with Gasteiger partial charge in [0.25, 0.3) is 0 Å². The van der Waals surface area contributed by atoms with Crippen LogP contribution in [-0.4, -0.2) is 17.9 Å². The van der Waals surface area contributed by atoms with Gasteiger partial charge in [-0.05, 0) is 24.1 Å². The summed E-state index contributed by atoms with van der Waals surface area (Å²) in [6.45, 7) is 2.01. The van der Waals surface area contributed by atoms with E-state index in [9.17, 15) is 4.79 Å². The Balaban J connectivity index is 2.09. The van der Waals surface area contributed by atoms with Crippen LogP contribution in [0.5, 0.6) is 0 Å². The molecule has 0 saturated heterocycles. The van der Waals surface area contributed by atoms with Crippen molar-refractivity contribution >= 4 is 17.4 Å². The van der Waals surface area contributed by atoms with Gasteiger partial charge in [-0.15, -0.1) is 0 Å². The van der Waals surface area contributed by atoms with E-state index >= 15 is 0 Å². The predicted octanol–water partition coefficient (Wildman–Crippen LogP) is 3.26. The Morgan fingerprint density at radius 3 is 2.50 bits per heavy atom. The number of anilines is 2. The molecule has 1 amide bonds. The zero-order chi connectivity index (χ0) is 14.4. The van der Waals surface area contributed by atoms with Crippen LogP contribution in [-0.2, 0) is 4.79 Å². The first kappa shape index (κ1) is 14.1. The van der Waals surface area contributed by atoms with Crippen molar-refractivity contribution < 1.29 is 4.79 Å². The van der Waals surface area contributed by atoms with Crippen LogP contribution in [0.3, 0.4) is 0 Å². The quantitative estimate of drug-likeness (QED) is 0.876. The average Bonchev–Trinajstić information content (AvgIpc) is 2.50. The van der Waals surface area contributed by atoms with E-state index in [-0.39, 0.29) is 11.8 Å². The van der Waals surface area contributed by atoms with Crippen LogP contribution in [0.1, 0.15) is 24.8 Å². The normalized spacial score (nSPS) is 11.7. The predicted molar refractivity (Wildman–Crippen MR) is 81.9 cm³/mol. The maximum atomic E-state index is 12.3. The standard InChI is InChI=1S/C16H19N3O/c1-3-14(12-7-5-4-6-8-12)16(20)19-13-9-10-15(17-2)18-11-13/h4-11,14H,3H2,1-2H3,(H,17,18)(H,19,20). The van der Waals surface area contributed by atoms with Crippen LogP contribution < -0.4 is 10.6 Å². The van der Waals surface area contributed by atoms with E-state index < -0.39 is 0 Å². The van der Waals surface area contributed by atoms with Crippen LogP contribution >= 0.6 is 0 Å². The van der Waals surface area contributed by atoms with E-state index in [1.165, 1.54) is 0 Å². The van der Waals surface area contributed by atoms with Gasteiger partial charge in [-0.1, -0.05) is 37.3 Å². The molecule has 4 heteroatoms. The molecule has 2 aromatic rings. The summed E-state index contributed by atoms with van der Waals surface area (Å²) in [6, 6.07) is 13.5. The van der Waals surface area contributed by atoms with Crippen LogP contribution in [0.25, 0.3) is 0 Å². The average molecular weight is 269 g/mol. The summed E-state index contributed by atoms with van der Waals surface area (Å²) < 4.78 is 0. The number of hydrogen-bond acceptors (Lipinski definition) is 3. The fraction of sp³-hybridized carbons (Fsp3) is 0.250. The summed E-state index contributed by atoms with van der Waals surface area (Å²) >= 11 is 0. The SMILES string of the molecule is CCC(C(=O)Nc1ccc(NC)nc1)c1ccccc1. The van der Waals surface area contributed by atoms with Gasteiger partial charge in [0.15, 0.2) is 0 Å². The van der Waals surface area contributed by atoms with Gasteiger partial charge in [-0.3, -0.25) is 4.79 Å². The lowest BCUT2D eigenvalue weighted by Gasteiger charge is -2.15. The first-order chi connectivity index (χ1) is 9.74. The van der Waals surface area contributed by atoms with Gasteiger partial charge in [0.1, 0.15) is 5.82 Å². The fourth-order valence-corrected chi connectivity index (χ4v) is 2.10. The third-order valence-corrected chi connectivity index (χ3v) is 3.21. The number of aromatic nitrogens is 1. The summed E-state index contributed by atoms with van der Waals surface area (Å²) in [7, 11) is 1.81. The number of rotatable bonds is 5. The van der Waals surface area contributed by atoms with Crippen molar-refractivity contribution in [3.63, 3.8) is 0 Å².